The number of nitrogens with one attached hydrogen (secondary N) is 2. The maximum Gasteiger partial charge on any atom is 0.227 e. The number of rotatable bonds is 5. The quantitative estimate of drug-likeness (QED) is 0.852. The zero-order chi connectivity index (χ0) is 13.9. The van der Waals surface area contributed by atoms with E-state index in [1.165, 1.54) is 24.1 Å². The summed E-state index contributed by atoms with van der Waals surface area (Å²) >= 11 is 0. The summed E-state index contributed by atoms with van der Waals surface area (Å²) in [5.74, 6) is 2.78. The minimum absolute atomic E-state index is 0.853. The summed E-state index contributed by atoms with van der Waals surface area (Å²) in [6, 6.07) is 0. The minimum atomic E-state index is 0.853. The molecular formula is C15H25N5. The van der Waals surface area contributed by atoms with Crippen molar-refractivity contribution in [3.8, 4) is 0 Å². The molecule has 3 rings (SSSR count). The topological polar surface area (TPSA) is 53.1 Å². The van der Waals surface area contributed by atoms with Gasteiger partial charge in [0, 0.05) is 38.7 Å². The van der Waals surface area contributed by atoms with Gasteiger partial charge in [0.05, 0.1) is 5.69 Å². The maximum atomic E-state index is 4.78. The fourth-order valence-electron chi connectivity index (χ4n) is 2.55. The van der Waals surface area contributed by atoms with Gasteiger partial charge in [-0.05, 0) is 38.6 Å². The lowest BCUT2D eigenvalue weighted by atomic mass is 10.1. The predicted octanol–water partition coefficient (Wildman–Crippen LogP) is 1.44. The molecule has 0 aromatic carbocycles. The number of hydrogen-bond donors (Lipinski definition) is 2. The van der Waals surface area contributed by atoms with Gasteiger partial charge in [0.15, 0.2) is 0 Å². The molecular weight excluding hydrogens is 250 g/mol. The van der Waals surface area contributed by atoms with E-state index < -0.39 is 0 Å². The van der Waals surface area contributed by atoms with Crippen LogP contribution in [0.15, 0.2) is 0 Å². The lowest BCUT2D eigenvalue weighted by molar-refractivity contribution is 0.708. The number of hydrogen-bond acceptors (Lipinski definition) is 5. The first-order chi connectivity index (χ1) is 9.78. The molecule has 1 fully saturated rings. The Bertz CT molecular complexity index is 470. The molecule has 0 bridgehead atoms. The van der Waals surface area contributed by atoms with Gasteiger partial charge in [-0.15, -0.1) is 0 Å². The van der Waals surface area contributed by atoms with E-state index in [9.17, 15) is 0 Å². The maximum absolute atomic E-state index is 4.78. The van der Waals surface area contributed by atoms with Crippen LogP contribution in [0, 0.1) is 5.92 Å². The van der Waals surface area contributed by atoms with Gasteiger partial charge < -0.3 is 15.5 Å². The van der Waals surface area contributed by atoms with Gasteiger partial charge in [0.2, 0.25) is 5.95 Å². The molecule has 1 aromatic rings. The van der Waals surface area contributed by atoms with Gasteiger partial charge in [0.25, 0.3) is 0 Å². The van der Waals surface area contributed by atoms with Crippen LogP contribution in [0.25, 0.3) is 0 Å². The monoisotopic (exact) mass is 275 g/mol. The summed E-state index contributed by atoms with van der Waals surface area (Å²) in [6.45, 7) is 6.16. The Morgan fingerprint density at radius 3 is 2.80 bits per heavy atom. The van der Waals surface area contributed by atoms with Crippen LogP contribution in [0.3, 0.4) is 0 Å². The number of fused-ring (bicyclic) bond motifs is 1. The van der Waals surface area contributed by atoms with E-state index in [-0.39, 0.29) is 0 Å². The zero-order valence-electron chi connectivity index (χ0n) is 12.6. The van der Waals surface area contributed by atoms with Crippen molar-refractivity contribution in [3.05, 3.63) is 11.3 Å². The molecule has 1 aromatic heterocycles. The minimum Gasteiger partial charge on any atom is -0.369 e. The van der Waals surface area contributed by atoms with Crippen LogP contribution in [-0.2, 0) is 12.8 Å². The summed E-state index contributed by atoms with van der Waals surface area (Å²) in [6.07, 6.45) is 4.76. The summed E-state index contributed by atoms with van der Waals surface area (Å²) < 4.78 is 0. The average molecular weight is 275 g/mol. The van der Waals surface area contributed by atoms with E-state index in [0.717, 1.165) is 56.7 Å². The van der Waals surface area contributed by atoms with Crippen molar-refractivity contribution < 1.29 is 0 Å². The van der Waals surface area contributed by atoms with Crippen LogP contribution < -0.4 is 15.5 Å². The van der Waals surface area contributed by atoms with Crippen molar-refractivity contribution in [3.63, 3.8) is 0 Å². The van der Waals surface area contributed by atoms with E-state index in [1.54, 1.807) is 0 Å². The predicted molar refractivity (Wildman–Crippen MR) is 82.5 cm³/mol. The van der Waals surface area contributed by atoms with Crippen molar-refractivity contribution in [2.75, 3.05) is 43.4 Å². The van der Waals surface area contributed by atoms with Crippen LogP contribution in [0.1, 0.15) is 31.0 Å². The second kappa shape index (κ2) is 5.95. The van der Waals surface area contributed by atoms with Crippen LogP contribution >= 0.6 is 0 Å². The molecule has 2 heterocycles. The lowest BCUT2D eigenvalue weighted by Gasteiger charge is -2.19. The Balaban J connectivity index is 1.90. The molecule has 0 spiro atoms. The van der Waals surface area contributed by atoms with Crippen LogP contribution in [0.2, 0.25) is 0 Å². The first-order valence-corrected chi connectivity index (χ1v) is 7.83. The molecule has 1 aliphatic carbocycles. The average Bonchev–Trinajstić information content (AvgIpc) is 3.29. The van der Waals surface area contributed by atoms with Crippen molar-refractivity contribution in [2.24, 2.45) is 5.92 Å². The number of anilines is 2. The fraction of sp³-hybridized carbons (Fsp3) is 0.733. The van der Waals surface area contributed by atoms with Crippen molar-refractivity contribution in [2.45, 2.75) is 32.6 Å². The second-order valence-corrected chi connectivity index (χ2v) is 5.89. The molecule has 0 radical (unpaired) electrons. The van der Waals surface area contributed by atoms with Gasteiger partial charge in [-0.25, -0.2) is 4.98 Å². The van der Waals surface area contributed by atoms with E-state index >= 15 is 0 Å². The first kappa shape index (κ1) is 13.6. The lowest BCUT2D eigenvalue weighted by Crippen LogP contribution is -2.21. The van der Waals surface area contributed by atoms with Gasteiger partial charge in [-0.3, -0.25) is 0 Å². The van der Waals surface area contributed by atoms with Crippen LogP contribution in [-0.4, -0.2) is 43.2 Å². The second-order valence-electron chi connectivity index (χ2n) is 5.89. The highest BCUT2D eigenvalue weighted by molar-refractivity contribution is 5.52. The Morgan fingerprint density at radius 1 is 1.25 bits per heavy atom. The van der Waals surface area contributed by atoms with Crippen LogP contribution in [0.5, 0.6) is 0 Å². The third-order valence-corrected chi connectivity index (χ3v) is 4.24. The molecule has 1 aliphatic heterocycles. The molecule has 2 aliphatic rings. The summed E-state index contributed by atoms with van der Waals surface area (Å²) in [7, 11) is 2.06. The standard InChI is InChI=1S/C15H25N5/c1-3-20(2)15-18-13-7-9-16-8-6-12(13)14(19-15)17-10-11-4-5-11/h11,16H,3-10H2,1-2H3,(H,17,18,19). The van der Waals surface area contributed by atoms with Crippen molar-refractivity contribution >= 4 is 11.8 Å². The molecule has 0 amide bonds. The smallest absolute Gasteiger partial charge is 0.227 e. The molecule has 0 atom stereocenters. The molecule has 1 saturated carbocycles. The fourth-order valence-corrected chi connectivity index (χ4v) is 2.55. The molecule has 5 heteroatoms. The highest BCUT2D eigenvalue weighted by atomic mass is 15.2. The van der Waals surface area contributed by atoms with E-state index in [2.05, 4.69) is 29.5 Å². The first-order valence-electron chi connectivity index (χ1n) is 7.83. The molecule has 2 N–H and O–H groups in total. The number of nitrogens with zero attached hydrogens (tertiary/aromatic N) is 3. The molecule has 20 heavy (non-hydrogen) atoms. The van der Waals surface area contributed by atoms with Crippen molar-refractivity contribution in [1.29, 1.82) is 0 Å². The Hall–Kier alpha value is -1.36. The normalized spacial score (nSPS) is 18.3. The molecule has 0 saturated heterocycles. The SMILES string of the molecule is CCN(C)c1nc2c(c(NCC3CC3)n1)CCNCC2. The van der Waals surface area contributed by atoms with Gasteiger partial charge in [-0.2, -0.15) is 4.98 Å². The van der Waals surface area contributed by atoms with Gasteiger partial charge in [-0.1, -0.05) is 0 Å². The highest BCUT2D eigenvalue weighted by Gasteiger charge is 2.23. The third-order valence-electron chi connectivity index (χ3n) is 4.24. The summed E-state index contributed by atoms with van der Waals surface area (Å²) in [5, 5.41) is 7.03. The molecule has 110 valence electrons. The Labute approximate surface area is 121 Å². The van der Waals surface area contributed by atoms with Gasteiger partial charge >= 0.3 is 0 Å². The van der Waals surface area contributed by atoms with E-state index in [1.807, 2.05) is 0 Å². The third kappa shape index (κ3) is 3.03. The summed E-state index contributed by atoms with van der Waals surface area (Å²) in [5.41, 5.74) is 2.54. The Morgan fingerprint density at radius 2 is 2.05 bits per heavy atom. The molecule has 5 nitrogen and oxygen atoms in total. The van der Waals surface area contributed by atoms with Crippen molar-refractivity contribution in [1.82, 2.24) is 15.3 Å². The van der Waals surface area contributed by atoms with E-state index in [0.29, 0.717) is 0 Å². The number of aromatic nitrogens is 2. The van der Waals surface area contributed by atoms with Crippen LogP contribution in [0.4, 0.5) is 11.8 Å². The highest BCUT2D eigenvalue weighted by Crippen LogP contribution is 2.30. The Kier molecular flexibility index (Phi) is 4.05. The zero-order valence-corrected chi connectivity index (χ0v) is 12.6. The largest absolute Gasteiger partial charge is 0.369 e. The molecule has 0 unspecified atom stereocenters. The van der Waals surface area contributed by atoms with E-state index in [4.69, 9.17) is 9.97 Å². The summed E-state index contributed by atoms with van der Waals surface area (Å²) in [4.78, 5) is 11.7. The van der Waals surface area contributed by atoms with Gasteiger partial charge in [0.1, 0.15) is 5.82 Å².